The minimum Gasteiger partial charge on any atom is -0.306 e. The molecule has 0 aliphatic carbocycles. The highest BCUT2D eigenvalue weighted by atomic mass is 127. The van der Waals surface area contributed by atoms with Gasteiger partial charge in [0.05, 0.1) is 22.9 Å². The van der Waals surface area contributed by atoms with Crippen LogP contribution in [0.5, 0.6) is 0 Å². The second kappa shape index (κ2) is 5.67. The highest BCUT2D eigenvalue weighted by Crippen LogP contribution is 1.79. The third kappa shape index (κ3) is 6.03. The van der Waals surface area contributed by atoms with Crippen LogP contribution in [-0.4, -0.2) is 31.4 Å². The number of halogens is 1. The van der Waals surface area contributed by atoms with Crippen molar-refractivity contribution in [2.75, 3.05) is 20.6 Å². The van der Waals surface area contributed by atoms with E-state index in [0.717, 1.165) is 6.54 Å². The Kier molecular flexibility index (Phi) is 5.61. The Morgan fingerprint density at radius 3 is 2.70 bits per heavy atom. The van der Waals surface area contributed by atoms with Gasteiger partial charge in [0, 0.05) is 12.6 Å². The van der Waals surface area contributed by atoms with Gasteiger partial charge >= 0.3 is 0 Å². The molecule has 0 aromatic heterocycles. The summed E-state index contributed by atoms with van der Waals surface area (Å²) in [6, 6.07) is 0. The van der Waals surface area contributed by atoms with Crippen LogP contribution in [-0.2, 0) is 4.79 Å². The molecule has 0 saturated carbocycles. The van der Waals surface area contributed by atoms with Gasteiger partial charge in [-0.15, -0.1) is 0 Å². The topological polar surface area (TPSA) is 32.3 Å². The third-order valence-electron chi connectivity index (χ3n) is 0.833. The van der Waals surface area contributed by atoms with E-state index >= 15 is 0 Å². The van der Waals surface area contributed by atoms with E-state index in [-0.39, 0.29) is 5.91 Å². The van der Waals surface area contributed by atoms with Gasteiger partial charge in [-0.2, -0.15) is 0 Å². The summed E-state index contributed by atoms with van der Waals surface area (Å²) < 4.78 is 2.46. The fourth-order valence-corrected chi connectivity index (χ4v) is 0.582. The molecule has 10 heavy (non-hydrogen) atoms. The SMILES string of the molecule is CN(C)C/C=C/C(=O)NI. The number of nitrogens with zero attached hydrogens (tertiary/aromatic N) is 1. The van der Waals surface area contributed by atoms with Crippen LogP contribution in [0.1, 0.15) is 0 Å². The van der Waals surface area contributed by atoms with E-state index in [2.05, 4.69) is 3.53 Å². The Balaban J connectivity index is 3.46. The predicted octanol–water partition coefficient (Wildman–Crippen LogP) is 0.570. The van der Waals surface area contributed by atoms with E-state index in [4.69, 9.17) is 0 Å². The van der Waals surface area contributed by atoms with E-state index in [9.17, 15) is 4.79 Å². The van der Waals surface area contributed by atoms with Gasteiger partial charge in [-0.05, 0) is 14.1 Å². The lowest BCUT2D eigenvalue weighted by Crippen LogP contribution is -2.12. The smallest absolute Gasteiger partial charge is 0.252 e. The second-order valence-electron chi connectivity index (χ2n) is 2.12. The van der Waals surface area contributed by atoms with Crippen molar-refractivity contribution >= 4 is 28.8 Å². The highest BCUT2D eigenvalue weighted by Gasteiger charge is 1.88. The summed E-state index contributed by atoms with van der Waals surface area (Å²) in [6.45, 7) is 0.796. The minimum absolute atomic E-state index is 0.0672. The summed E-state index contributed by atoms with van der Waals surface area (Å²) in [4.78, 5) is 12.6. The Bertz CT molecular complexity index is 134. The molecule has 0 bridgehead atoms. The molecule has 0 aliphatic heterocycles. The van der Waals surface area contributed by atoms with Gasteiger partial charge in [-0.1, -0.05) is 6.08 Å². The van der Waals surface area contributed by atoms with Gasteiger partial charge in [-0.25, -0.2) is 0 Å². The van der Waals surface area contributed by atoms with E-state index in [1.807, 2.05) is 25.1 Å². The van der Waals surface area contributed by atoms with Crippen LogP contribution < -0.4 is 3.53 Å². The lowest BCUT2D eigenvalue weighted by Gasteiger charge is -2.02. The normalized spacial score (nSPS) is 10.8. The number of hydrogen-bond acceptors (Lipinski definition) is 2. The van der Waals surface area contributed by atoms with Crippen molar-refractivity contribution in [3.8, 4) is 0 Å². The van der Waals surface area contributed by atoms with Gasteiger partial charge in [0.1, 0.15) is 0 Å². The van der Waals surface area contributed by atoms with E-state index in [1.165, 1.54) is 6.08 Å². The van der Waals surface area contributed by atoms with Crippen molar-refractivity contribution in [2.45, 2.75) is 0 Å². The molecule has 0 unspecified atom stereocenters. The molecule has 3 nitrogen and oxygen atoms in total. The third-order valence-corrected chi connectivity index (χ3v) is 1.36. The van der Waals surface area contributed by atoms with Crippen molar-refractivity contribution in [1.82, 2.24) is 8.43 Å². The average Bonchev–Trinajstić information content (AvgIpc) is 1.87. The summed E-state index contributed by atoms with van der Waals surface area (Å²) in [5.41, 5.74) is 0. The first-order valence-electron chi connectivity index (χ1n) is 2.88. The second-order valence-corrected chi connectivity index (χ2v) is 2.66. The molecule has 4 heteroatoms. The van der Waals surface area contributed by atoms with Crippen LogP contribution in [0.3, 0.4) is 0 Å². The van der Waals surface area contributed by atoms with Crippen molar-refractivity contribution in [3.63, 3.8) is 0 Å². The molecule has 58 valence electrons. The van der Waals surface area contributed by atoms with Crippen LogP contribution in [0, 0.1) is 0 Å². The largest absolute Gasteiger partial charge is 0.306 e. The van der Waals surface area contributed by atoms with E-state index < -0.39 is 0 Å². The van der Waals surface area contributed by atoms with Crippen molar-refractivity contribution in [2.24, 2.45) is 0 Å². The molecule has 0 saturated heterocycles. The summed E-state index contributed by atoms with van der Waals surface area (Å²) in [7, 11) is 3.90. The Morgan fingerprint density at radius 1 is 1.70 bits per heavy atom. The molecular formula is C6H11IN2O. The van der Waals surface area contributed by atoms with E-state index in [0.29, 0.717) is 0 Å². The summed E-state index contributed by atoms with van der Waals surface area (Å²) in [5.74, 6) is -0.0672. The maximum Gasteiger partial charge on any atom is 0.252 e. The maximum atomic E-state index is 10.6. The molecular weight excluding hydrogens is 243 g/mol. The molecule has 0 aromatic carbocycles. The van der Waals surface area contributed by atoms with Gasteiger partial charge < -0.3 is 4.90 Å². The van der Waals surface area contributed by atoms with Gasteiger partial charge in [0.25, 0.3) is 5.91 Å². The van der Waals surface area contributed by atoms with Crippen LogP contribution in [0.15, 0.2) is 12.2 Å². The number of rotatable bonds is 3. The molecule has 0 aliphatic rings. The zero-order valence-electron chi connectivity index (χ0n) is 6.10. The molecule has 0 radical (unpaired) electrons. The number of nitrogens with one attached hydrogen (secondary N) is 1. The monoisotopic (exact) mass is 254 g/mol. The number of carbonyl (C=O) groups excluding carboxylic acids is 1. The highest BCUT2D eigenvalue weighted by molar-refractivity contribution is 14.1. The number of hydrogen-bond donors (Lipinski definition) is 1. The Labute approximate surface area is 75.0 Å². The summed E-state index contributed by atoms with van der Waals surface area (Å²) in [6.07, 6.45) is 3.33. The summed E-state index contributed by atoms with van der Waals surface area (Å²) >= 11 is 1.81. The van der Waals surface area contributed by atoms with Crippen LogP contribution in [0.25, 0.3) is 0 Å². The fraction of sp³-hybridized carbons (Fsp3) is 0.500. The number of amides is 1. The van der Waals surface area contributed by atoms with Crippen LogP contribution >= 0.6 is 22.9 Å². The first kappa shape index (κ1) is 9.90. The molecule has 0 spiro atoms. The minimum atomic E-state index is -0.0672. The summed E-state index contributed by atoms with van der Waals surface area (Å²) in [5, 5.41) is 0. The Hall–Kier alpha value is -0.100. The average molecular weight is 254 g/mol. The number of likely N-dealkylation sites (N-methyl/N-ethyl adjacent to an activating group) is 1. The lowest BCUT2D eigenvalue weighted by molar-refractivity contribution is -0.114. The predicted molar refractivity (Wildman–Crippen MR) is 49.9 cm³/mol. The molecule has 0 heterocycles. The van der Waals surface area contributed by atoms with Crippen LogP contribution in [0.2, 0.25) is 0 Å². The zero-order chi connectivity index (χ0) is 7.98. The molecule has 0 atom stereocenters. The molecule has 0 aromatic rings. The zero-order valence-corrected chi connectivity index (χ0v) is 8.25. The van der Waals surface area contributed by atoms with Crippen LogP contribution in [0.4, 0.5) is 0 Å². The molecule has 1 amide bonds. The maximum absolute atomic E-state index is 10.6. The first-order valence-corrected chi connectivity index (χ1v) is 3.96. The number of carbonyl (C=O) groups is 1. The van der Waals surface area contributed by atoms with Crippen molar-refractivity contribution in [1.29, 1.82) is 0 Å². The molecule has 0 rings (SSSR count). The lowest BCUT2D eigenvalue weighted by atomic mass is 10.4. The van der Waals surface area contributed by atoms with Gasteiger partial charge in [-0.3, -0.25) is 8.32 Å². The van der Waals surface area contributed by atoms with Gasteiger partial charge in [0.2, 0.25) is 0 Å². The van der Waals surface area contributed by atoms with Gasteiger partial charge in [0.15, 0.2) is 0 Å². The van der Waals surface area contributed by atoms with Crippen molar-refractivity contribution in [3.05, 3.63) is 12.2 Å². The Morgan fingerprint density at radius 2 is 2.30 bits per heavy atom. The van der Waals surface area contributed by atoms with E-state index in [1.54, 1.807) is 22.9 Å². The fourth-order valence-electron chi connectivity index (χ4n) is 0.402. The first-order chi connectivity index (χ1) is 4.66. The molecule has 1 N–H and O–H groups in total. The quantitative estimate of drug-likeness (QED) is 0.453. The molecule has 0 fully saturated rings. The van der Waals surface area contributed by atoms with Crippen molar-refractivity contribution < 1.29 is 4.79 Å². The standard InChI is InChI=1S/C6H11IN2O/c1-9(2)5-3-4-6(10)8-7/h3-4H,5H2,1-2H3,(H,8,10)/b4-3+.